The zero-order valence-electron chi connectivity index (χ0n) is 19.8. The van der Waals surface area contributed by atoms with Crippen molar-refractivity contribution in [3.63, 3.8) is 0 Å². The Hall–Kier alpha value is -3.78. The van der Waals surface area contributed by atoms with E-state index in [0.29, 0.717) is 32.7 Å². The summed E-state index contributed by atoms with van der Waals surface area (Å²) in [7, 11) is 0. The minimum atomic E-state index is -0.112. The highest BCUT2D eigenvalue weighted by atomic mass is 16.6. The Kier molecular flexibility index (Phi) is 6.72. The Morgan fingerprint density at radius 2 is 1.83 bits per heavy atom. The minimum Gasteiger partial charge on any atom is -0.385 e. The van der Waals surface area contributed by atoms with E-state index in [-0.39, 0.29) is 24.4 Å². The maximum atomic E-state index is 12.5. The van der Waals surface area contributed by atoms with E-state index >= 15 is 0 Å². The number of oxime groups is 1. The topological polar surface area (TPSA) is 103 Å². The molecular weight excluding hydrogens is 442 g/mol. The molecule has 1 fully saturated rings. The van der Waals surface area contributed by atoms with Crippen LogP contribution in [-0.4, -0.2) is 59.4 Å². The predicted octanol–water partition coefficient (Wildman–Crippen LogP) is 3.34. The van der Waals surface area contributed by atoms with Gasteiger partial charge in [0.15, 0.2) is 6.61 Å². The third-order valence-electron chi connectivity index (χ3n) is 6.56. The molecule has 2 aliphatic rings. The number of carbonyl (C=O) groups is 1. The van der Waals surface area contributed by atoms with Gasteiger partial charge < -0.3 is 20.2 Å². The van der Waals surface area contributed by atoms with Crippen LogP contribution in [0, 0.1) is 6.92 Å². The summed E-state index contributed by atoms with van der Waals surface area (Å²) in [5, 5.41) is 4.45. The molecule has 5 rings (SSSR count). The Labute approximate surface area is 204 Å². The molecule has 1 atom stereocenters. The average Bonchev–Trinajstić information content (AvgIpc) is 2.89. The van der Waals surface area contributed by atoms with Crippen molar-refractivity contribution in [2.45, 2.75) is 25.7 Å². The molecule has 0 bridgehead atoms. The van der Waals surface area contributed by atoms with Gasteiger partial charge in [0.2, 0.25) is 5.95 Å². The molecular formula is C27H29N5O3. The minimum absolute atomic E-state index is 0.0927. The Balaban J connectivity index is 1.45. The molecule has 2 aromatic carbocycles. The summed E-state index contributed by atoms with van der Waals surface area (Å²) in [4.78, 5) is 28.8. The molecule has 1 unspecified atom stereocenters. The normalized spacial score (nSPS) is 18.8. The number of fused-ring (bicyclic) bond motifs is 1. The van der Waals surface area contributed by atoms with Gasteiger partial charge >= 0.3 is 0 Å². The highest BCUT2D eigenvalue weighted by molar-refractivity contribution is 6.03. The van der Waals surface area contributed by atoms with Crippen LogP contribution < -0.4 is 5.73 Å². The lowest BCUT2D eigenvalue weighted by molar-refractivity contribution is -0.140. The highest BCUT2D eigenvalue weighted by Gasteiger charge is 2.30. The second-order valence-corrected chi connectivity index (χ2v) is 8.85. The van der Waals surface area contributed by atoms with E-state index in [1.54, 1.807) is 4.90 Å². The smallest absolute Gasteiger partial charge is 0.263 e. The third kappa shape index (κ3) is 5.02. The lowest BCUT2D eigenvalue weighted by Gasteiger charge is -2.28. The summed E-state index contributed by atoms with van der Waals surface area (Å²) in [5.41, 5.74) is 12.8. The van der Waals surface area contributed by atoms with Crippen molar-refractivity contribution in [3.8, 4) is 11.1 Å². The summed E-state index contributed by atoms with van der Waals surface area (Å²) < 4.78 is 5.32. The van der Waals surface area contributed by atoms with Crippen molar-refractivity contribution >= 4 is 17.6 Å². The van der Waals surface area contributed by atoms with Crippen LogP contribution in [0.15, 0.2) is 59.8 Å². The maximum absolute atomic E-state index is 12.5. The molecule has 0 saturated carbocycles. The maximum Gasteiger partial charge on any atom is 0.263 e. The molecule has 1 amide bonds. The van der Waals surface area contributed by atoms with Crippen molar-refractivity contribution in [1.82, 2.24) is 14.9 Å². The number of amides is 1. The molecule has 2 N–H and O–H groups in total. The average molecular weight is 472 g/mol. The van der Waals surface area contributed by atoms with Gasteiger partial charge in [-0.05, 0) is 36.0 Å². The van der Waals surface area contributed by atoms with Gasteiger partial charge in [-0.3, -0.25) is 4.79 Å². The van der Waals surface area contributed by atoms with Gasteiger partial charge in [-0.2, -0.15) is 0 Å². The lowest BCUT2D eigenvalue weighted by atomic mass is 9.78. The summed E-state index contributed by atoms with van der Waals surface area (Å²) >= 11 is 0. The number of hydrogen-bond acceptors (Lipinski definition) is 7. The SMILES string of the molecule is Cc1nc(N)nc2c1/C(=N/OCC(=O)N1CCOCC1)CC(c1ccccc1-c1ccccc1)C2. The van der Waals surface area contributed by atoms with Gasteiger partial charge in [0.1, 0.15) is 0 Å². The first-order valence-corrected chi connectivity index (χ1v) is 11.9. The Morgan fingerprint density at radius 3 is 2.63 bits per heavy atom. The first kappa shape index (κ1) is 23.0. The van der Waals surface area contributed by atoms with Crippen LogP contribution in [0.4, 0.5) is 5.95 Å². The second-order valence-electron chi connectivity index (χ2n) is 8.85. The van der Waals surface area contributed by atoms with Gasteiger partial charge in [-0.25, -0.2) is 9.97 Å². The Morgan fingerprint density at radius 1 is 1.09 bits per heavy atom. The molecule has 35 heavy (non-hydrogen) atoms. The van der Waals surface area contributed by atoms with Crippen molar-refractivity contribution in [3.05, 3.63) is 77.1 Å². The Bertz CT molecular complexity index is 1240. The molecule has 0 spiro atoms. The quantitative estimate of drug-likeness (QED) is 0.573. The number of nitrogens with zero attached hydrogens (tertiary/aromatic N) is 4. The van der Waals surface area contributed by atoms with Crippen LogP contribution >= 0.6 is 0 Å². The van der Waals surface area contributed by atoms with E-state index in [4.69, 9.17) is 15.3 Å². The summed E-state index contributed by atoms with van der Waals surface area (Å²) in [6, 6.07) is 18.8. The standard InChI is InChI=1S/C27H29N5O3/c1-18-26-23(30-27(28)29-18)15-20(22-10-6-5-9-21(22)19-7-3-2-4-8-19)16-24(26)31-35-17-25(33)32-11-13-34-14-12-32/h2-10,20H,11-17H2,1H3,(H2,28,29,30)/b31-24+. The van der Waals surface area contributed by atoms with E-state index in [0.717, 1.165) is 34.6 Å². The zero-order chi connectivity index (χ0) is 24.2. The van der Waals surface area contributed by atoms with E-state index in [9.17, 15) is 4.79 Å². The molecule has 1 aromatic heterocycles. The van der Waals surface area contributed by atoms with Crippen LogP contribution in [0.1, 0.15) is 34.9 Å². The molecule has 3 aromatic rings. The van der Waals surface area contributed by atoms with Crippen LogP contribution in [0.3, 0.4) is 0 Å². The van der Waals surface area contributed by atoms with Crippen molar-refractivity contribution in [2.75, 3.05) is 38.6 Å². The second kappa shape index (κ2) is 10.2. The van der Waals surface area contributed by atoms with Gasteiger partial charge in [0.05, 0.1) is 30.3 Å². The first-order chi connectivity index (χ1) is 17.1. The number of aromatic nitrogens is 2. The van der Waals surface area contributed by atoms with Crippen LogP contribution in [0.2, 0.25) is 0 Å². The largest absolute Gasteiger partial charge is 0.385 e. The number of ether oxygens (including phenoxy) is 1. The third-order valence-corrected chi connectivity index (χ3v) is 6.56. The number of nitrogens with two attached hydrogens (primary N) is 1. The number of carbonyl (C=O) groups excluding carboxylic acids is 1. The van der Waals surface area contributed by atoms with Gasteiger partial charge in [-0.15, -0.1) is 0 Å². The summed E-state index contributed by atoms with van der Waals surface area (Å²) in [6.45, 7) is 4.04. The van der Waals surface area contributed by atoms with Gasteiger partial charge in [-0.1, -0.05) is 59.8 Å². The molecule has 2 heterocycles. The van der Waals surface area contributed by atoms with Gasteiger partial charge in [0.25, 0.3) is 5.91 Å². The van der Waals surface area contributed by atoms with Crippen molar-refractivity contribution < 1.29 is 14.4 Å². The number of morpholine rings is 1. The van der Waals surface area contributed by atoms with Crippen molar-refractivity contribution in [2.24, 2.45) is 5.16 Å². The fourth-order valence-corrected chi connectivity index (χ4v) is 4.93. The van der Waals surface area contributed by atoms with Crippen LogP contribution in [0.25, 0.3) is 11.1 Å². The first-order valence-electron chi connectivity index (χ1n) is 11.9. The number of rotatable bonds is 5. The fourth-order valence-electron chi connectivity index (χ4n) is 4.93. The van der Waals surface area contributed by atoms with Crippen LogP contribution in [0.5, 0.6) is 0 Å². The molecule has 1 saturated heterocycles. The monoisotopic (exact) mass is 471 g/mol. The zero-order valence-corrected chi connectivity index (χ0v) is 19.8. The van der Waals surface area contributed by atoms with E-state index < -0.39 is 0 Å². The lowest BCUT2D eigenvalue weighted by Crippen LogP contribution is -2.42. The molecule has 1 aliphatic heterocycles. The fraction of sp³-hybridized carbons (Fsp3) is 0.333. The number of hydrogen-bond donors (Lipinski definition) is 1. The van der Waals surface area contributed by atoms with Gasteiger partial charge in [0, 0.05) is 25.1 Å². The molecule has 8 nitrogen and oxygen atoms in total. The van der Waals surface area contributed by atoms with Crippen molar-refractivity contribution in [1.29, 1.82) is 0 Å². The molecule has 8 heteroatoms. The molecule has 1 aliphatic carbocycles. The summed E-state index contributed by atoms with van der Waals surface area (Å²) in [5.74, 6) is 0.288. The molecule has 180 valence electrons. The number of benzene rings is 2. The molecule has 0 radical (unpaired) electrons. The van der Waals surface area contributed by atoms with E-state index in [1.807, 2.05) is 25.1 Å². The predicted molar refractivity (Wildman–Crippen MR) is 134 cm³/mol. The summed E-state index contributed by atoms with van der Waals surface area (Å²) in [6.07, 6.45) is 1.37. The number of nitrogen functional groups attached to an aromatic ring is 1. The van der Waals surface area contributed by atoms with Crippen LogP contribution in [-0.2, 0) is 20.8 Å². The highest BCUT2D eigenvalue weighted by Crippen LogP contribution is 2.38. The van der Waals surface area contributed by atoms with E-state index in [1.165, 1.54) is 11.1 Å². The number of aryl methyl sites for hydroxylation is 1. The number of anilines is 1. The van der Waals surface area contributed by atoms with E-state index in [2.05, 4.69) is 51.5 Å².